The zero-order valence-electron chi connectivity index (χ0n) is 15.8. The van der Waals surface area contributed by atoms with Crippen LogP contribution >= 0.6 is 23.1 Å². The van der Waals surface area contributed by atoms with E-state index >= 15 is 0 Å². The van der Waals surface area contributed by atoms with Crippen LogP contribution in [0.25, 0.3) is 0 Å². The second kappa shape index (κ2) is 8.36. The number of ether oxygens (including phenoxy) is 1. The summed E-state index contributed by atoms with van der Waals surface area (Å²) in [4.78, 5) is 14.0. The number of aromatic nitrogens is 3. The molecule has 1 aliphatic carbocycles. The van der Waals surface area contributed by atoms with E-state index in [-0.39, 0.29) is 11.2 Å². The van der Waals surface area contributed by atoms with Crippen LogP contribution < -0.4 is 10.1 Å². The van der Waals surface area contributed by atoms with Crippen LogP contribution in [0, 0.1) is 0 Å². The Morgan fingerprint density at radius 1 is 1.32 bits per heavy atom. The van der Waals surface area contributed by atoms with Crippen LogP contribution in [0.15, 0.2) is 46.9 Å². The molecule has 0 aliphatic heterocycles. The van der Waals surface area contributed by atoms with Gasteiger partial charge in [0.05, 0.1) is 18.0 Å². The third kappa shape index (κ3) is 4.23. The predicted molar refractivity (Wildman–Crippen MR) is 112 cm³/mol. The maximum absolute atomic E-state index is 12.7. The molecule has 4 rings (SSSR count). The van der Waals surface area contributed by atoms with Gasteiger partial charge in [-0.3, -0.25) is 4.79 Å². The van der Waals surface area contributed by atoms with Gasteiger partial charge in [-0.25, -0.2) is 0 Å². The van der Waals surface area contributed by atoms with Crippen molar-refractivity contribution in [3.63, 3.8) is 0 Å². The van der Waals surface area contributed by atoms with E-state index in [4.69, 9.17) is 4.74 Å². The zero-order valence-corrected chi connectivity index (χ0v) is 17.4. The van der Waals surface area contributed by atoms with Crippen molar-refractivity contribution < 1.29 is 9.53 Å². The Morgan fingerprint density at radius 2 is 2.14 bits per heavy atom. The van der Waals surface area contributed by atoms with E-state index in [1.165, 1.54) is 16.6 Å². The number of hydrogen-bond acceptors (Lipinski definition) is 6. The van der Waals surface area contributed by atoms with E-state index in [0.29, 0.717) is 17.5 Å². The predicted octanol–water partition coefficient (Wildman–Crippen LogP) is 4.39. The molecular weight excluding hydrogens is 392 g/mol. The van der Waals surface area contributed by atoms with Gasteiger partial charge < -0.3 is 14.6 Å². The van der Waals surface area contributed by atoms with Crippen molar-refractivity contribution in [2.24, 2.45) is 0 Å². The normalized spacial score (nSPS) is 14.6. The van der Waals surface area contributed by atoms with E-state index < -0.39 is 0 Å². The lowest BCUT2D eigenvalue weighted by molar-refractivity contribution is -0.115. The number of methoxy groups -OCH3 is 1. The average Bonchev–Trinajstić information content (AvgIpc) is 3.26. The first kappa shape index (κ1) is 19.0. The van der Waals surface area contributed by atoms with Gasteiger partial charge in [-0.05, 0) is 43.3 Å². The van der Waals surface area contributed by atoms with E-state index in [2.05, 4.69) is 37.6 Å². The van der Waals surface area contributed by atoms with Gasteiger partial charge >= 0.3 is 0 Å². The molecule has 6 nitrogen and oxygen atoms in total. The van der Waals surface area contributed by atoms with Crippen molar-refractivity contribution in [3.05, 3.63) is 52.5 Å². The molecule has 0 spiro atoms. The molecule has 1 aromatic carbocycles. The lowest BCUT2D eigenvalue weighted by Crippen LogP contribution is -2.23. The van der Waals surface area contributed by atoms with Crippen molar-refractivity contribution in [2.75, 3.05) is 12.4 Å². The summed E-state index contributed by atoms with van der Waals surface area (Å²) in [5.74, 6) is 1.54. The van der Waals surface area contributed by atoms with E-state index in [1.54, 1.807) is 18.4 Å². The van der Waals surface area contributed by atoms with E-state index in [9.17, 15) is 4.79 Å². The topological polar surface area (TPSA) is 69.0 Å². The van der Waals surface area contributed by atoms with Crippen LogP contribution in [0.3, 0.4) is 0 Å². The number of para-hydroxylation sites is 2. The number of anilines is 1. The summed E-state index contributed by atoms with van der Waals surface area (Å²) in [6.45, 7) is 1.89. The van der Waals surface area contributed by atoms with Crippen molar-refractivity contribution in [1.82, 2.24) is 14.8 Å². The Morgan fingerprint density at radius 3 is 2.86 bits per heavy atom. The Kier molecular flexibility index (Phi) is 5.68. The molecule has 146 valence electrons. The molecule has 2 aromatic heterocycles. The van der Waals surface area contributed by atoms with Crippen LogP contribution in [0.4, 0.5) is 5.69 Å². The molecule has 1 amide bonds. The van der Waals surface area contributed by atoms with Crippen LogP contribution in [-0.4, -0.2) is 33.0 Å². The highest BCUT2D eigenvalue weighted by Crippen LogP contribution is 2.40. The average molecular weight is 415 g/mol. The lowest BCUT2D eigenvalue weighted by atomic mass is 10.3. The number of thiophene rings is 1. The molecule has 1 aliphatic rings. The summed E-state index contributed by atoms with van der Waals surface area (Å²) in [7, 11) is 1.59. The fourth-order valence-corrected chi connectivity index (χ4v) is 4.61. The van der Waals surface area contributed by atoms with Crippen molar-refractivity contribution in [2.45, 2.75) is 42.6 Å². The monoisotopic (exact) mass is 414 g/mol. The Labute approximate surface area is 172 Å². The molecule has 0 saturated heterocycles. The highest BCUT2D eigenvalue weighted by Gasteiger charge is 2.31. The number of hydrogen-bond donors (Lipinski definition) is 1. The summed E-state index contributed by atoms with van der Waals surface area (Å²) in [6.07, 6.45) is 3.07. The highest BCUT2D eigenvalue weighted by molar-refractivity contribution is 8.00. The molecule has 1 saturated carbocycles. The standard InChI is InChI=1S/C20H22N4O2S2/c1-13(19(25)21-16-7-3-4-8-17(16)26-2)28-20-23-22-18(24(20)14-9-10-14)12-15-6-5-11-27-15/h3-8,11,13-14H,9-10,12H2,1-2H3,(H,21,25)/t13-/m1/s1. The molecule has 1 fully saturated rings. The molecule has 1 N–H and O–H groups in total. The van der Waals surface area contributed by atoms with Gasteiger partial charge in [0.2, 0.25) is 5.91 Å². The molecule has 1 atom stereocenters. The second-order valence-corrected chi connectivity index (χ2v) is 9.05. The minimum atomic E-state index is -0.304. The van der Waals surface area contributed by atoms with Gasteiger partial charge in [0.25, 0.3) is 0 Å². The maximum Gasteiger partial charge on any atom is 0.237 e. The van der Waals surface area contributed by atoms with Crippen LogP contribution in [0.1, 0.15) is 36.5 Å². The molecule has 0 bridgehead atoms. The number of benzene rings is 1. The molecular formula is C20H22N4O2S2. The molecule has 8 heteroatoms. The highest BCUT2D eigenvalue weighted by atomic mass is 32.2. The summed E-state index contributed by atoms with van der Waals surface area (Å²) in [5.41, 5.74) is 0.671. The van der Waals surface area contributed by atoms with E-state index in [0.717, 1.165) is 30.2 Å². The third-order valence-corrected chi connectivity index (χ3v) is 6.51. The molecule has 0 unspecified atom stereocenters. The SMILES string of the molecule is COc1ccccc1NC(=O)[C@@H](C)Sc1nnc(Cc2cccs2)n1C1CC1. The largest absolute Gasteiger partial charge is 0.495 e. The lowest BCUT2D eigenvalue weighted by Gasteiger charge is -2.14. The van der Waals surface area contributed by atoms with Gasteiger partial charge in [0.15, 0.2) is 5.16 Å². The number of nitrogens with one attached hydrogen (secondary N) is 1. The molecule has 3 aromatic rings. The van der Waals surface area contributed by atoms with Crippen LogP contribution in [-0.2, 0) is 11.2 Å². The summed E-state index contributed by atoms with van der Waals surface area (Å²) < 4.78 is 7.53. The smallest absolute Gasteiger partial charge is 0.237 e. The first-order chi connectivity index (χ1) is 13.7. The van der Waals surface area contributed by atoms with Crippen molar-refractivity contribution in [1.29, 1.82) is 0 Å². The zero-order chi connectivity index (χ0) is 19.5. The first-order valence-electron chi connectivity index (χ1n) is 9.22. The van der Waals surface area contributed by atoms with Gasteiger partial charge in [-0.2, -0.15) is 0 Å². The number of carbonyl (C=O) groups is 1. The summed E-state index contributed by atoms with van der Waals surface area (Å²) >= 11 is 3.18. The van der Waals surface area contributed by atoms with Gasteiger partial charge in [0.1, 0.15) is 11.6 Å². The number of nitrogens with zero attached hydrogens (tertiary/aromatic N) is 3. The minimum absolute atomic E-state index is 0.0837. The fraction of sp³-hybridized carbons (Fsp3) is 0.350. The number of rotatable bonds is 8. The Balaban J connectivity index is 1.47. The first-order valence-corrected chi connectivity index (χ1v) is 11.0. The molecule has 28 heavy (non-hydrogen) atoms. The molecule has 2 heterocycles. The van der Waals surface area contributed by atoms with E-state index in [1.807, 2.05) is 31.2 Å². The Hall–Kier alpha value is -2.32. The minimum Gasteiger partial charge on any atom is -0.495 e. The fourth-order valence-electron chi connectivity index (χ4n) is 2.97. The van der Waals surface area contributed by atoms with Gasteiger partial charge in [0, 0.05) is 17.3 Å². The Bertz CT molecular complexity index is 951. The molecule has 0 radical (unpaired) electrons. The third-order valence-electron chi connectivity index (χ3n) is 4.58. The van der Waals surface area contributed by atoms with Crippen LogP contribution in [0.2, 0.25) is 0 Å². The summed E-state index contributed by atoms with van der Waals surface area (Å²) in [5, 5.41) is 14.4. The van der Waals surface area contributed by atoms with Crippen LogP contribution in [0.5, 0.6) is 5.75 Å². The van der Waals surface area contributed by atoms with Gasteiger partial charge in [-0.15, -0.1) is 21.5 Å². The number of carbonyl (C=O) groups excluding carboxylic acids is 1. The quantitative estimate of drug-likeness (QED) is 0.554. The van der Waals surface area contributed by atoms with Crippen molar-refractivity contribution >= 4 is 34.7 Å². The second-order valence-electron chi connectivity index (χ2n) is 6.71. The number of thioether (sulfide) groups is 1. The summed E-state index contributed by atoms with van der Waals surface area (Å²) in [6, 6.07) is 12.0. The maximum atomic E-state index is 12.7. The van der Waals surface area contributed by atoms with Crippen molar-refractivity contribution in [3.8, 4) is 5.75 Å². The number of amides is 1. The van der Waals surface area contributed by atoms with Gasteiger partial charge in [-0.1, -0.05) is 30.0 Å².